The number of hydrogen-bond donors (Lipinski definition) is 2. The predicted molar refractivity (Wildman–Crippen MR) is 54.9 cm³/mol. The Balaban J connectivity index is 2.50. The second-order valence-corrected chi connectivity index (χ2v) is 3.43. The zero-order valence-electron chi connectivity index (χ0n) is 8.63. The van der Waals surface area contributed by atoms with Gasteiger partial charge in [-0.1, -0.05) is 6.07 Å². The number of halogens is 2. The molecular weight excluding hydrogens is 200 g/mol. The van der Waals surface area contributed by atoms with Crippen LogP contribution in [0.2, 0.25) is 0 Å². The van der Waals surface area contributed by atoms with Crippen LogP contribution in [0.4, 0.5) is 8.78 Å². The molecule has 0 saturated carbocycles. The average Bonchev–Trinajstić information content (AvgIpc) is 2.17. The molecule has 3 N–H and O–H groups in total. The van der Waals surface area contributed by atoms with E-state index < -0.39 is 11.6 Å². The second-order valence-electron chi connectivity index (χ2n) is 3.43. The van der Waals surface area contributed by atoms with E-state index in [1.807, 2.05) is 11.9 Å². The summed E-state index contributed by atoms with van der Waals surface area (Å²) in [6, 6.07) is 3.63. The number of nitrogens with zero attached hydrogens (tertiary/aromatic N) is 1. The number of likely N-dealkylation sites (N-methyl/N-ethyl adjacent to an activating group) is 1. The van der Waals surface area contributed by atoms with Crippen molar-refractivity contribution in [3.05, 3.63) is 35.4 Å². The minimum atomic E-state index is -0.548. The molecule has 0 atom stereocenters. The van der Waals surface area contributed by atoms with Gasteiger partial charge in [0.25, 0.3) is 0 Å². The highest BCUT2D eigenvalue weighted by Gasteiger charge is 2.04. The first-order valence-corrected chi connectivity index (χ1v) is 4.69. The number of nitrogens with one attached hydrogen (secondary N) is 1. The molecule has 0 aromatic heterocycles. The quantitative estimate of drug-likeness (QED) is 0.435. The second kappa shape index (κ2) is 5.75. The molecule has 0 aliphatic carbocycles. The lowest BCUT2D eigenvalue weighted by molar-refractivity contribution is 0.311. The number of nitrogens with two attached hydrogens (primary N) is 1. The van der Waals surface area contributed by atoms with Crippen LogP contribution < -0.4 is 11.3 Å². The van der Waals surface area contributed by atoms with Crippen molar-refractivity contribution in [1.82, 2.24) is 10.3 Å². The fraction of sp³-hybridized carbons (Fsp3) is 0.400. The molecule has 0 aliphatic heterocycles. The lowest BCUT2D eigenvalue weighted by Gasteiger charge is -2.15. The van der Waals surface area contributed by atoms with Gasteiger partial charge in [0.15, 0.2) is 0 Å². The maximum absolute atomic E-state index is 13.2. The summed E-state index contributed by atoms with van der Waals surface area (Å²) >= 11 is 0. The highest BCUT2D eigenvalue weighted by molar-refractivity contribution is 5.18. The molecule has 0 unspecified atom stereocenters. The summed E-state index contributed by atoms with van der Waals surface area (Å²) in [5, 5.41) is 0. The first-order chi connectivity index (χ1) is 7.13. The maximum atomic E-state index is 13.2. The van der Waals surface area contributed by atoms with Crippen LogP contribution in [0.25, 0.3) is 0 Å². The Kier molecular flexibility index (Phi) is 4.61. The van der Waals surface area contributed by atoms with E-state index in [4.69, 9.17) is 5.84 Å². The van der Waals surface area contributed by atoms with Gasteiger partial charge in [-0.05, 0) is 25.1 Å². The van der Waals surface area contributed by atoms with Gasteiger partial charge in [-0.25, -0.2) is 14.2 Å². The lowest BCUT2D eigenvalue weighted by Crippen LogP contribution is -2.36. The molecule has 5 heteroatoms. The minimum Gasteiger partial charge on any atom is -0.292 e. The molecule has 1 aromatic rings. The van der Waals surface area contributed by atoms with Crippen molar-refractivity contribution >= 4 is 0 Å². The SMILES string of the molecule is CN(CCc1ccc(F)cc1F)CNN. The molecule has 0 radical (unpaired) electrons. The molecule has 84 valence electrons. The van der Waals surface area contributed by atoms with Crippen LogP contribution in [0.3, 0.4) is 0 Å². The smallest absolute Gasteiger partial charge is 0.129 e. The Morgan fingerprint density at radius 1 is 1.40 bits per heavy atom. The molecule has 0 bridgehead atoms. The minimum absolute atomic E-state index is 0.496. The fourth-order valence-electron chi connectivity index (χ4n) is 1.27. The first-order valence-electron chi connectivity index (χ1n) is 4.69. The van der Waals surface area contributed by atoms with Crippen molar-refractivity contribution in [3.63, 3.8) is 0 Å². The van der Waals surface area contributed by atoms with Gasteiger partial charge in [0.05, 0.1) is 6.67 Å². The standard InChI is InChI=1S/C10H15F2N3/c1-15(7-14-13)5-4-8-2-3-9(11)6-10(8)12/h2-3,6,14H,4-5,7,13H2,1H3. The summed E-state index contributed by atoms with van der Waals surface area (Å²) < 4.78 is 25.8. The van der Waals surface area contributed by atoms with Gasteiger partial charge in [-0.3, -0.25) is 10.7 Å². The van der Waals surface area contributed by atoms with E-state index in [1.165, 1.54) is 12.1 Å². The summed E-state index contributed by atoms with van der Waals surface area (Å²) in [4.78, 5) is 1.91. The molecule has 0 aliphatic rings. The maximum Gasteiger partial charge on any atom is 0.129 e. The van der Waals surface area contributed by atoms with Crippen molar-refractivity contribution in [2.75, 3.05) is 20.3 Å². The largest absolute Gasteiger partial charge is 0.292 e. The molecular formula is C10H15F2N3. The van der Waals surface area contributed by atoms with E-state index in [2.05, 4.69) is 5.43 Å². The number of hydrogen-bond acceptors (Lipinski definition) is 3. The van der Waals surface area contributed by atoms with Crippen molar-refractivity contribution in [1.29, 1.82) is 0 Å². The van der Waals surface area contributed by atoms with Crippen LogP contribution in [0.1, 0.15) is 5.56 Å². The summed E-state index contributed by atoms with van der Waals surface area (Å²) in [5.41, 5.74) is 3.01. The third kappa shape index (κ3) is 3.91. The molecule has 0 spiro atoms. The third-order valence-electron chi connectivity index (χ3n) is 2.14. The Labute approximate surface area is 87.8 Å². The van der Waals surface area contributed by atoms with E-state index in [-0.39, 0.29) is 0 Å². The van der Waals surface area contributed by atoms with E-state index in [0.29, 0.717) is 25.2 Å². The topological polar surface area (TPSA) is 41.3 Å². The molecule has 1 rings (SSSR count). The van der Waals surface area contributed by atoms with Gasteiger partial charge in [0.2, 0.25) is 0 Å². The van der Waals surface area contributed by atoms with E-state index in [1.54, 1.807) is 0 Å². The zero-order valence-corrected chi connectivity index (χ0v) is 8.63. The van der Waals surface area contributed by atoms with Crippen LogP contribution in [0.15, 0.2) is 18.2 Å². The van der Waals surface area contributed by atoms with Crippen molar-refractivity contribution in [2.45, 2.75) is 6.42 Å². The van der Waals surface area contributed by atoms with Crippen molar-refractivity contribution < 1.29 is 8.78 Å². The number of benzene rings is 1. The van der Waals surface area contributed by atoms with Crippen LogP contribution in [0.5, 0.6) is 0 Å². The van der Waals surface area contributed by atoms with E-state index in [0.717, 1.165) is 6.07 Å². The molecule has 15 heavy (non-hydrogen) atoms. The van der Waals surface area contributed by atoms with Crippen LogP contribution >= 0.6 is 0 Å². The van der Waals surface area contributed by atoms with Gasteiger partial charge in [0.1, 0.15) is 11.6 Å². The Morgan fingerprint density at radius 3 is 2.73 bits per heavy atom. The summed E-state index contributed by atoms with van der Waals surface area (Å²) in [6.07, 6.45) is 0.532. The number of rotatable bonds is 5. The van der Waals surface area contributed by atoms with Gasteiger partial charge >= 0.3 is 0 Å². The van der Waals surface area contributed by atoms with Crippen molar-refractivity contribution in [3.8, 4) is 0 Å². The van der Waals surface area contributed by atoms with Gasteiger partial charge in [-0.2, -0.15) is 0 Å². The molecule has 0 saturated heterocycles. The molecule has 0 fully saturated rings. The van der Waals surface area contributed by atoms with Crippen molar-refractivity contribution in [2.24, 2.45) is 5.84 Å². The zero-order chi connectivity index (χ0) is 11.3. The lowest BCUT2D eigenvalue weighted by atomic mass is 10.1. The highest BCUT2D eigenvalue weighted by Crippen LogP contribution is 2.10. The Hall–Kier alpha value is -1.04. The fourth-order valence-corrected chi connectivity index (χ4v) is 1.27. The number of hydrazine groups is 1. The summed E-state index contributed by atoms with van der Waals surface area (Å²) in [6.45, 7) is 1.19. The molecule has 0 amide bonds. The van der Waals surface area contributed by atoms with Crippen LogP contribution in [-0.2, 0) is 6.42 Å². The third-order valence-corrected chi connectivity index (χ3v) is 2.14. The van der Waals surface area contributed by atoms with E-state index >= 15 is 0 Å². The average molecular weight is 215 g/mol. The monoisotopic (exact) mass is 215 g/mol. The van der Waals surface area contributed by atoms with Gasteiger partial charge in [-0.15, -0.1) is 0 Å². The highest BCUT2D eigenvalue weighted by atomic mass is 19.1. The van der Waals surface area contributed by atoms with Crippen LogP contribution in [-0.4, -0.2) is 25.2 Å². The normalized spacial score (nSPS) is 11.0. The summed E-state index contributed by atoms with van der Waals surface area (Å²) in [5.74, 6) is 4.09. The van der Waals surface area contributed by atoms with Crippen LogP contribution in [0, 0.1) is 11.6 Å². The van der Waals surface area contributed by atoms with E-state index in [9.17, 15) is 8.78 Å². The molecule has 0 heterocycles. The predicted octanol–water partition coefficient (Wildman–Crippen LogP) is 0.860. The van der Waals surface area contributed by atoms with Gasteiger partial charge < -0.3 is 0 Å². The Bertz CT molecular complexity index is 318. The van der Waals surface area contributed by atoms with Gasteiger partial charge in [0, 0.05) is 12.6 Å². The summed E-state index contributed by atoms with van der Waals surface area (Å²) in [7, 11) is 1.86. The molecule has 3 nitrogen and oxygen atoms in total. The first kappa shape index (κ1) is 12.0. The Morgan fingerprint density at radius 2 is 2.13 bits per heavy atom. The molecule has 1 aromatic carbocycles.